The van der Waals surface area contributed by atoms with Gasteiger partial charge in [0.05, 0.1) is 9.33 Å². The first-order chi connectivity index (χ1) is 7.50. The quantitative estimate of drug-likeness (QED) is 0.908. The van der Waals surface area contributed by atoms with Crippen LogP contribution in [0.15, 0.2) is 15.9 Å². The Morgan fingerprint density at radius 2 is 2.31 bits per heavy atom. The molecule has 1 amide bonds. The smallest absolute Gasteiger partial charge is 0.240 e. The molecule has 2 rings (SSSR count). The molecule has 1 saturated heterocycles. The van der Waals surface area contributed by atoms with Crippen LogP contribution in [0.4, 0.5) is 0 Å². The molecule has 0 bridgehead atoms. The minimum atomic E-state index is -0.408. The molecule has 0 radical (unpaired) electrons. The van der Waals surface area contributed by atoms with Gasteiger partial charge in [0.25, 0.3) is 0 Å². The Bertz CT molecular complexity index is 402. The lowest BCUT2D eigenvalue weighted by molar-refractivity contribution is -0.135. The zero-order valence-electron chi connectivity index (χ0n) is 9.42. The van der Waals surface area contributed by atoms with E-state index in [1.165, 1.54) is 4.88 Å². The van der Waals surface area contributed by atoms with Crippen molar-refractivity contribution in [2.24, 2.45) is 0 Å². The van der Waals surface area contributed by atoms with Crippen LogP contribution in [0.2, 0.25) is 0 Å². The number of amides is 1. The predicted octanol–water partition coefficient (Wildman–Crippen LogP) is 2.22. The van der Waals surface area contributed by atoms with E-state index in [9.17, 15) is 4.79 Å². The average molecular weight is 303 g/mol. The van der Waals surface area contributed by atoms with E-state index < -0.39 is 5.54 Å². The summed E-state index contributed by atoms with van der Waals surface area (Å²) in [4.78, 5) is 15.3. The van der Waals surface area contributed by atoms with Gasteiger partial charge in [0.2, 0.25) is 5.91 Å². The summed E-state index contributed by atoms with van der Waals surface area (Å²) in [5, 5.41) is 2.91. The van der Waals surface area contributed by atoms with Gasteiger partial charge in [-0.15, -0.1) is 11.3 Å². The molecule has 0 atom stereocenters. The molecule has 1 fully saturated rings. The Labute approximate surface area is 108 Å². The van der Waals surface area contributed by atoms with E-state index in [1.54, 1.807) is 11.3 Å². The third-order valence-corrected chi connectivity index (χ3v) is 4.60. The Morgan fingerprint density at radius 1 is 1.56 bits per heavy atom. The summed E-state index contributed by atoms with van der Waals surface area (Å²) < 4.78 is 1.14. The topological polar surface area (TPSA) is 32.3 Å². The van der Waals surface area contributed by atoms with Gasteiger partial charge in [-0.2, -0.15) is 0 Å². The Morgan fingerprint density at radius 3 is 2.94 bits per heavy atom. The van der Waals surface area contributed by atoms with E-state index >= 15 is 0 Å². The largest absolute Gasteiger partial charge is 0.353 e. The van der Waals surface area contributed by atoms with E-state index in [0.29, 0.717) is 0 Å². The highest BCUT2D eigenvalue weighted by Crippen LogP contribution is 2.26. The normalized spacial score (nSPS) is 20.8. The zero-order chi connectivity index (χ0) is 11.8. The Balaban J connectivity index is 2.11. The van der Waals surface area contributed by atoms with E-state index in [4.69, 9.17) is 0 Å². The number of rotatable bonds is 2. The highest BCUT2D eigenvalue weighted by molar-refractivity contribution is 9.11. The van der Waals surface area contributed by atoms with Crippen LogP contribution in [-0.4, -0.2) is 29.4 Å². The standard InChI is InChI=1S/C11H15BrN2OS/c1-11(2)10(15)13-5-6-14(11)7-8-3-4-9(12)16-8/h3-4H,5-7H2,1-2H3,(H,13,15). The Kier molecular flexibility index (Phi) is 3.37. The molecule has 1 aliphatic rings. The van der Waals surface area contributed by atoms with E-state index in [0.717, 1.165) is 23.4 Å². The molecule has 88 valence electrons. The molecule has 0 spiro atoms. The van der Waals surface area contributed by atoms with Crippen molar-refractivity contribution in [3.05, 3.63) is 20.8 Å². The monoisotopic (exact) mass is 302 g/mol. The second kappa shape index (κ2) is 4.47. The predicted molar refractivity (Wildman–Crippen MR) is 69.5 cm³/mol. The number of hydrogen-bond acceptors (Lipinski definition) is 3. The van der Waals surface area contributed by atoms with Crippen molar-refractivity contribution in [2.75, 3.05) is 13.1 Å². The van der Waals surface area contributed by atoms with Gasteiger partial charge in [0.15, 0.2) is 0 Å². The van der Waals surface area contributed by atoms with Crippen molar-refractivity contribution < 1.29 is 4.79 Å². The summed E-state index contributed by atoms with van der Waals surface area (Å²) in [5.41, 5.74) is -0.408. The number of hydrogen-bond donors (Lipinski definition) is 1. The zero-order valence-corrected chi connectivity index (χ0v) is 11.8. The lowest BCUT2D eigenvalue weighted by Gasteiger charge is -2.40. The summed E-state index contributed by atoms with van der Waals surface area (Å²) in [5.74, 6) is 0.120. The van der Waals surface area contributed by atoms with Gasteiger partial charge in [0.1, 0.15) is 0 Å². The van der Waals surface area contributed by atoms with Crippen LogP contribution in [0.1, 0.15) is 18.7 Å². The second-order valence-corrected chi connectivity index (χ2v) is 6.99. The minimum Gasteiger partial charge on any atom is -0.353 e. The highest BCUT2D eigenvalue weighted by atomic mass is 79.9. The van der Waals surface area contributed by atoms with E-state index in [-0.39, 0.29) is 5.91 Å². The van der Waals surface area contributed by atoms with Crippen molar-refractivity contribution in [2.45, 2.75) is 25.9 Å². The summed E-state index contributed by atoms with van der Waals surface area (Å²) in [6.45, 7) is 6.45. The van der Waals surface area contributed by atoms with E-state index in [2.05, 4.69) is 38.3 Å². The van der Waals surface area contributed by atoms with Crippen LogP contribution in [0.25, 0.3) is 0 Å². The van der Waals surface area contributed by atoms with Crippen LogP contribution in [0, 0.1) is 0 Å². The van der Waals surface area contributed by atoms with E-state index in [1.807, 2.05) is 13.8 Å². The lowest BCUT2D eigenvalue weighted by Crippen LogP contribution is -2.61. The summed E-state index contributed by atoms with van der Waals surface area (Å²) in [6, 6.07) is 4.16. The fraction of sp³-hybridized carbons (Fsp3) is 0.545. The summed E-state index contributed by atoms with van der Waals surface area (Å²) in [6.07, 6.45) is 0. The van der Waals surface area contributed by atoms with Gasteiger partial charge in [-0.1, -0.05) is 0 Å². The van der Waals surface area contributed by atoms with Crippen LogP contribution >= 0.6 is 27.3 Å². The van der Waals surface area contributed by atoms with Crippen molar-refractivity contribution in [1.82, 2.24) is 10.2 Å². The maximum Gasteiger partial charge on any atom is 0.240 e. The lowest BCUT2D eigenvalue weighted by atomic mass is 9.99. The average Bonchev–Trinajstić information content (AvgIpc) is 2.60. The van der Waals surface area contributed by atoms with Crippen LogP contribution in [0.5, 0.6) is 0 Å². The Hall–Kier alpha value is -0.390. The third kappa shape index (κ3) is 2.31. The van der Waals surface area contributed by atoms with Gasteiger partial charge in [-0.3, -0.25) is 9.69 Å². The number of piperazine rings is 1. The molecular weight excluding hydrogens is 288 g/mol. The molecule has 1 N–H and O–H groups in total. The number of carbonyl (C=O) groups is 1. The molecule has 0 saturated carbocycles. The molecule has 16 heavy (non-hydrogen) atoms. The number of halogens is 1. The van der Waals surface area contributed by atoms with Crippen molar-refractivity contribution in [1.29, 1.82) is 0 Å². The molecule has 0 unspecified atom stereocenters. The molecule has 5 heteroatoms. The van der Waals surface area contributed by atoms with Crippen molar-refractivity contribution in [3.63, 3.8) is 0 Å². The summed E-state index contributed by atoms with van der Waals surface area (Å²) >= 11 is 5.18. The molecule has 0 aromatic carbocycles. The minimum absolute atomic E-state index is 0.120. The van der Waals surface area contributed by atoms with Crippen LogP contribution in [0.3, 0.4) is 0 Å². The first-order valence-corrected chi connectivity index (χ1v) is 6.88. The fourth-order valence-electron chi connectivity index (χ4n) is 1.85. The molecular formula is C11H15BrN2OS. The third-order valence-electron chi connectivity index (χ3n) is 2.99. The fourth-order valence-corrected chi connectivity index (χ4v) is 3.34. The van der Waals surface area contributed by atoms with Crippen LogP contribution in [-0.2, 0) is 11.3 Å². The highest BCUT2D eigenvalue weighted by Gasteiger charge is 2.37. The van der Waals surface area contributed by atoms with Crippen molar-refractivity contribution in [3.8, 4) is 0 Å². The maximum atomic E-state index is 11.8. The number of carbonyl (C=O) groups excluding carboxylic acids is 1. The number of thiophene rings is 1. The van der Waals surface area contributed by atoms with Gasteiger partial charge in [0, 0.05) is 24.5 Å². The second-order valence-electron chi connectivity index (χ2n) is 4.44. The van der Waals surface area contributed by atoms with Crippen molar-refractivity contribution >= 4 is 33.2 Å². The van der Waals surface area contributed by atoms with Gasteiger partial charge in [-0.05, 0) is 41.9 Å². The number of nitrogens with one attached hydrogen (secondary N) is 1. The molecule has 3 nitrogen and oxygen atoms in total. The van der Waals surface area contributed by atoms with Crippen LogP contribution < -0.4 is 5.32 Å². The first kappa shape index (κ1) is 12.1. The molecule has 0 aliphatic carbocycles. The summed E-state index contributed by atoms with van der Waals surface area (Å²) in [7, 11) is 0. The van der Waals surface area contributed by atoms with Gasteiger partial charge in [-0.25, -0.2) is 0 Å². The number of nitrogens with zero attached hydrogens (tertiary/aromatic N) is 1. The van der Waals surface area contributed by atoms with Gasteiger partial charge >= 0.3 is 0 Å². The molecule has 2 heterocycles. The molecule has 1 aromatic heterocycles. The molecule has 1 aliphatic heterocycles. The molecule has 1 aromatic rings. The van der Waals surface area contributed by atoms with Gasteiger partial charge < -0.3 is 5.32 Å². The first-order valence-electron chi connectivity index (χ1n) is 5.28. The SMILES string of the molecule is CC1(C)C(=O)NCCN1Cc1ccc(Br)s1. The maximum absolute atomic E-state index is 11.8.